The molecule has 1 heterocycles. The monoisotopic (exact) mass is 424 g/mol. The number of piperazine rings is 1. The van der Waals surface area contributed by atoms with Crippen molar-refractivity contribution in [2.45, 2.75) is 46.5 Å². The van der Waals surface area contributed by atoms with Crippen LogP contribution in [0.25, 0.3) is 0 Å². The molecular formula is C20H36N6O2S. The molecule has 29 heavy (non-hydrogen) atoms. The smallest absolute Gasteiger partial charge is 0.339 e. The molecular weight excluding hydrogens is 388 g/mol. The number of hydrogen-bond acceptors (Lipinski definition) is 5. The molecule has 1 saturated heterocycles. The molecule has 0 aromatic carbocycles. The zero-order valence-corrected chi connectivity index (χ0v) is 19.1. The molecule has 164 valence electrons. The Morgan fingerprint density at radius 2 is 1.86 bits per heavy atom. The standard InChI is InChI=1S/C20H36N6O2S/c1-5-7-9-22-19(21-4)26-14-12-25(13-15-26)11-10-23-20(28)24-17(3)29-16-18(27)8-6-2/h9H,5-8,10-16H2,1-4H3,(H,23,28). The van der Waals surface area contributed by atoms with Crippen LogP contribution >= 0.6 is 11.8 Å². The lowest BCUT2D eigenvalue weighted by molar-refractivity contribution is -0.116. The van der Waals surface area contributed by atoms with E-state index in [1.807, 2.05) is 13.1 Å². The SMILES string of the molecule is CCCC=NC(=NC)N1CCN(CCNC(=O)N=C(C)SCC(=O)CCC)CC1. The van der Waals surface area contributed by atoms with E-state index in [4.69, 9.17) is 0 Å². The molecule has 1 fully saturated rings. The normalized spacial score (nSPS) is 16.5. The van der Waals surface area contributed by atoms with Crippen LogP contribution in [0.15, 0.2) is 15.0 Å². The van der Waals surface area contributed by atoms with Gasteiger partial charge in [-0.25, -0.2) is 9.79 Å². The molecule has 1 aliphatic heterocycles. The maximum absolute atomic E-state index is 11.9. The van der Waals surface area contributed by atoms with Crippen molar-refractivity contribution in [3.63, 3.8) is 0 Å². The van der Waals surface area contributed by atoms with Crippen molar-refractivity contribution in [3.8, 4) is 0 Å². The van der Waals surface area contributed by atoms with Crippen molar-refractivity contribution >= 4 is 40.8 Å². The second kappa shape index (κ2) is 15.1. The summed E-state index contributed by atoms with van der Waals surface area (Å²) >= 11 is 1.33. The topological polar surface area (TPSA) is 89.7 Å². The molecule has 0 atom stereocenters. The van der Waals surface area contributed by atoms with Crippen LogP contribution in [0.1, 0.15) is 46.5 Å². The molecule has 0 spiro atoms. The number of nitrogens with zero attached hydrogens (tertiary/aromatic N) is 5. The van der Waals surface area contributed by atoms with Crippen molar-refractivity contribution < 1.29 is 9.59 Å². The highest BCUT2D eigenvalue weighted by Crippen LogP contribution is 2.07. The van der Waals surface area contributed by atoms with Gasteiger partial charge in [0.2, 0.25) is 5.96 Å². The lowest BCUT2D eigenvalue weighted by atomic mass is 10.3. The average Bonchev–Trinajstić information content (AvgIpc) is 2.71. The minimum atomic E-state index is -0.345. The van der Waals surface area contributed by atoms with Gasteiger partial charge >= 0.3 is 6.03 Å². The van der Waals surface area contributed by atoms with Crippen LogP contribution in [-0.4, -0.2) is 90.9 Å². The number of hydrogen-bond donors (Lipinski definition) is 1. The fourth-order valence-corrected chi connectivity index (χ4v) is 3.46. The third kappa shape index (κ3) is 11.1. The molecule has 2 amide bonds. The summed E-state index contributed by atoms with van der Waals surface area (Å²) in [5, 5.41) is 3.45. The van der Waals surface area contributed by atoms with Crippen LogP contribution in [0.2, 0.25) is 0 Å². The Morgan fingerprint density at radius 1 is 1.14 bits per heavy atom. The number of carbonyl (C=O) groups excluding carboxylic acids is 2. The Bertz CT molecular complexity index is 598. The van der Waals surface area contributed by atoms with Crippen molar-refractivity contribution in [1.82, 2.24) is 15.1 Å². The van der Waals surface area contributed by atoms with Gasteiger partial charge in [-0.05, 0) is 19.8 Å². The highest BCUT2D eigenvalue weighted by Gasteiger charge is 2.18. The highest BCUT2D eigenvalue weighted by atomic mass is 32.2. The average molecular weight is 425 g/mol. The second-order valence-corrected chi connectivity index (χ2v) is 8.06. The van der Waals surface area contributed by atoms with Gasteiger partial charge in [0.1, 0.15) is 5.78 Å². The lowest BCUT2D eigenvalue weighted by Gasteiger charge is -2.35. The van der Waals surface area contributed by atoms with Crippen molar-refractivity contribution in [1.29, 1.82) is 0 Å². The highest BCUT2D eigenvalue weighted by molar-refractivity contribution is 8.14. The van der Waals surface area contributed by atoms with Gasteiger partial charge in [0.25, 0.3) is 0 Å². The summed E-state index contributed by atoms with van der Waals surface area (Å²) in [6.07, 6.45) is 5.41. The molecule has 9 heteroatoms. The first-order chi connectivity index (χ1) is 14.0. The van der Waals surface area contributed by atoms with Gasteiger partial charge in [0, 0.05) is 59.0 Å². The van der Waals surface area contributed by atoms with Gasteiger partial charge in [-0.2, -0.15) is 4.99 Å². The Labute approximate surface area is 179 Å². The van der Waals surface area contributed by atoms with Crippen molar-refractivity contribution in [2.75, 3.05) is 52.1 Å². The van der Waals surface area contributed by atoms with Gasteiger partial charge < -0.3 is 10.2 Å². The van der Waals surface area contributed by atoms with E-state index < -0.39 is 0 Å². The number of unbranched alkanes of at least 4 members (excludes halogenated alkanes) is 1. The molecule has 0 bridgehead atoms. The van der Waals surface area contributed by atoms with Crippen LogP contribution in [0.5, 0.6) is 0 Å². The lowest BCUT2D eigenvalue weighted by Crippen LogP contribution is -2.49. The fraction of sp³-hybridized carbons (Fsp3) is 0.750. The van der Waals surface area contributed by atoms with Gasteiger partial charge in [-0.15, -0.1) is 11.8 Å². The number of aliphatic imine (C=N–C) groups is 3. The third-order valence-corrected chi connectivity index (χ3v) is 5.39. The van der Waals surface area contributed by atoms with Gasteiger partial charge in [-0.3, -0.25) is 14.7 Å². The van der Waals surface area contributed by atoms with E-state index in [1.165, 1.54) is 11.8 Å². The van der Waals surface area contributed by atoms with Crippen molar-refractivity contribution in [2.24, 2.45) is 15.0 Å². The minimum Gasteiger partial charge on any atom is -0.339 e. The number of rotatable bonds is 9. The van der Waals surface area contributed by atoms with E-state index in [0.29, 0.717) is 23.8 Å². The van der Waals surface area contributed by atoms with Crippen LogP contribution in [0.4, 0.5) is 4.79 Å². The summed E-state index contributed by atoms with van der Waals surface area (Å²) in [4.78, 5) is 40.7. The fourth-order valence-electron chi connectivity index (χ4n) is 2.80. The van der Waals surface area contributed by atoms with Gasteiger partial charge in [0.15, 0.2) is 0 Å². The van der Waals surface area contributed by atoms with E-state index in [2.05, 4.69) is 37.0 Å². The summed E-state index contributed by atoms with van der Waals surface area (Å²) in [7, 11) is 1.78. The number of Topliss-reactive ketones (excluding diaryl/α,β-unsaturated/α-hetero) is 1. The number of ketones is 1. The summed E-state index contributed by atoms with van der Waals surface area (Å²) in [6, 6.07) is -0.345. The summed E-state index contributed by atoms with van der Waals surface area (Å²) < 4.78 is 0. The molecule has 0 aliphatic carbocycles. The van der Waals surface area contributed by atoms with E-state index in [-0.39, 0.29) is 11.8 Å². The Hall–Kier alpha value is -1.74. The molecule has 0 radical (unpaired) electrons. The largest absolute Gasteiger partial charge is 0.341 e. The van der Waals surface area contributed by atoms with Gasteiger partial charge in [0.05, 0.1) is 10.8 Å². The van der Waals surface area contributed by atoms with Crippen LogP contribution in [0.3, 0.4) is 0 Å². The molecule has 0 unspecified atom stereocenters. The van der Waals surface area contributed by atoms with Crippen LogP contribution in [0, 0.1) is 0 Å². The first-order valence-corrected chi connectivity index (χ1v) is 11.4. The number of carbonyl (C=O) groups is 2. The van der Waals surface area contributed by atoms with Crippen molar-refractivity contribution in [3.05, 3.63) is 0 Å². The zero-order valence-electron chi connectivity index (χ0n) is 18.3. The number of urea groups is 1. The van der Waals surface area contributed by atoms with Crippen LogP contribution in [-0.2, 0) is 4.79 Å². The van der Waals surface area contributed by atoms with Gasteiger partial charge in [-0.1, -0.05) is 20.3 Å². The van der Waals surface area contributed by atoms with E-state index >= 15 is 0 Å². The third-order valence-electron chi connectivity index (χ3n) is 4.41. The van der Waals surface area contributed by atoms with E-state index in [9.17, 15) is 9.59 Å². The molecule has 1 aliphatic rings. The molecule has 1 N–H and O–H groups in total. The minimum absolute atomic E-state index is 0.193. The molecule has 0 saturated carbocycles. The zero-order chi connectivity index (χ0) is 21.5. The Morgan fingerprint density at radius 3 is 2.48 bits per heavy atom. The number of amides is 2. The van der Waals surface area contributed by atoms with E-state index in [1.54, 1.807) is 14.0 Å². The summed E-state index contributed by atoms with van der Waals surface area (Å²) in [5.41, 5.74) is 0. The van der Waals surface area contributed by atoms with Crippen LogP contribution < -0.4 is 5.32 Å². The quantitative estimate of drug-likeness (QED) is 0.454. The maximum Gasteiger partial charge on any atom is 0.341 e. The maximum atomic E-state index is 11.9. The predicted octanol–water partition coefficient (Wildman–Crippen LogP) is 2.69. The molecule has 0 aromatic rings. The molecule has 1 rings (SSSR count). The molecule has 0 aromatic heterocycles. The summed E-state index contributed by atoms with van der Waals surface area (Å²) in [5.74, 6) is 1.37. The predicted molar refractivity (Wildman–Crippen MR) is 124 cm³/mol. The first-order valence-electron chi connectivity index (χ1n) is 10.4. The number of thioether (sulfide) groups is 1. The molecule has 8 nitrogen and oxygen atoms in total. The number of guanidine groups is 1. The Balaban J connectivity index is 2.26. The van der Waals surface area contributed by atoms with E-state index in [0.717, 1.165) is 57.9 Å². The number of nitrogens with one attached hydrogen (secondary N) is 1. The second-order valence-electron chi connectivity index (χ2n) is 6.89. The summed E-state index contributed by atoms with van der Waals surface area (Å²) in [6.45, 7) is 10.8. The first kappa shape index (κ1) is 25.3. The Kier molecular flexibility index (Phi) is 13.2.